The van der Waals surface area contributed by atoms with E-state index in [1.165, 1.54) is 0 Å². The second-order valence-corrected chi connectivity index (χ2v) is 8.89. The van der Waals surface area contributed by atoms with Crippen LogP contribution in [0.25, 0.3) is 0 Å². The number of carboxylic acids is 1. The van der Waals surface area contributed by atoms with Crippen LogP contribution in [0.3, 0.4) is 0 Å². The number of thioether (sulfide) groups is 1. The first-order chi connectivity index (χ1) is 14.7. The van der Waals surface area contributed by atoms with Gasteiger partial charge in [0, 0.05) is 37.7 Å². The van der Waals surface area contributed by atoms with Gasteiger partial charge < -0.3 is 23.8 Å². The first kappa shape index (κ1) is 23.6. The van der Waals surface area contributed by atoms with Gasteiger partial charge in [-0.25, -0.2) is 9.59 Å². The number of carbonyl (C=O) groups is 1. The summed E-state index contributed by atoms with van der Waals surface area (Å²) in [5.74, 6) is -1.15. The summed E-state index contributed by atoms with van der Waals surface area (Å²) in [7, 11) is 1.59. The molecule has 2 aromatic rings. The van der Waals surface area contributed by atoms with Crippen LogP contribution >= 0.6 is 23.4 Å². The third-order valence-electron chi connectivity index (χ3n) is 5.22. The van der Waals surface area contributed by atoms with E-state index in [-0.39, 0.29) is 24.8 Å². The van der Waals surface area contributed by atoms with E-state index < -0.39 is 16.7 Å². The highest BCUT2D eigenvalue weighted by molar-refractivity contribution is 7.99. The van der Waals surface area contributed by atoms with Crippen molar-refractivity contribution in [3.8, 4) is 0 Å². The van der Waals surface area contributed by atoms with Gasteiger partial charge in [-0.1, -0.05) is 29.8 Å². The maximum atomic E-state index is 11.5. The van der Waals surface area contributed by atoms with Crippen molar-refractivity contribution in [2.45, 2.75) is 30.1 Å². The standard InChI is InChI=1S/C21H24ClNO7S/c1-13-18(30-20(26)29-13)12-31-21(27)7-8-23(10-14(21)9-19(24)25)17(11-28-2)15-5-3-4-6-16(15)22/h3-6,9,17,27H,7-8,10-12H2,1-2H3,(H,24,25)/b14-9-/t17-,21?/m1/s1. The highest BCUT2D eigenvalue weighted by atomic mass is 35.5. The van der Waals surface area contributed by atoms with E-state index in [1.54, 1.807) is 20.1 Å². The number of ether oxygens (including phenoxy) is 1. The van der Waals surface area contributed by atoms with Crippen LogP contribution in [-0.2, 0) is 15.3 Å². The Morgan fingerprint density at radius 2 is 2.16 bits per heavy atom. The molecular weight excluding hydrogens is 446 g/mol. The van der Waals surface area contributed by atoms with Crippen LogP contribution in [0.4, 0.5) is 0 Å². The zero-order chi connectivity index (χ0) is 22.6. The molecule has 168 valence electrons. The highest BCUT2D eigenvalue weighted by Crippen LogP contribution is 2.42. The van der Waals surface area contributed by atoms with Crippen LogP contribution in [-0.4, -0.2) is 52.8 Å². The minimum absolute atomic E-state index is 0.164. The van der Waals surface area contributed by atoms with Gasteiger partial charge in [-0.3, -0.25) is 4.90 Å². The molecule has 1 aromatic carbocycles. The van der Waals surface area contributed by atoms with E-state index in [2.05, 4.69) is 0 Å². The average Bonchev–Trinajstić information content (AvgIpc) is 3.04. The number of aliphatic hydroxyl groups is 1. The lowest BCUT2D eigenvalue weighted by atomic mass is 9.96. The summed E-state index contributed by atoms with van der Waals surface area (Å²) in [5.41, 5.74) is 1.21. The summed E-state index contributed by atoms with van der Waals surface area (Å²) in [5, 5.41) is 21.3. The van der Waals surface area contributed by atoms with Crippen molar-refractivity contribution in [2.75, 3.05) is 26.8 Å². The fourth-order valence-electron chi connectivity index (χ4n) is 3.60. The molecule has 0 aliphatic carbocycles. The van der Waals surface area contributed by atoms with E-state index in [9.17, 15) is 19.8 Å². The van der Waals surface area contributed by atoms with E-state index in [1.807, 2.05) is 23.1 Å². The largest absolute Gasteiger partial charge is 0.519 e. The summed E-state index contributed by atoms with van der Waals surface area (Å²) in [6.45, 7) is 2.65. The molecule has 0 saturated carbocycles. The monoisotopic (exact) mass is 469 g/mol. The molecule has 2 heterocycles. The van der Waals surface area contributed by atoms with Crippen molar-refractivity contribution < 1.29 is 28.6 Å². The maximum absolute atomic E-state index is 11.5. The number of likely N-dealkylation sites (tertiary alicyclic amines) is 1. The van der Waals surface area contributed by atoms with Crippen LogP contribution in [0.5, 0.6) is 0 Å². The third kappa shape index (κ3) is 5.61. The summed E-state index contributed by atoms with van der Waals surface area (Å²) in [6, 6.07) is 7.22. The summed E-state index contributed by atoms with van der Waals surface area (Å²) < 4.78 is 15.3. The number of hydrogen-bond acceptors (Lipinski definition) is 8. The Hall–Kier alpha value is -2.04. The van der Waals surface area contributed by atoms with Gasteiger partial charge in [0.05, 0.1) is 18.4 Å². The predicted octanol–water partition coefficient (Wildman–Crippen LogP) is 3.22. The number of aliphatic carboxylic acids is 1. The lowest BCUT2D eigenvalue weighted by molar-refractivity contribution is -0.131. The number of halogens is 1. The molecule has 1 fully saturated rings. The third-order valence-corrected chi connectivity index (χ3v) is 6.91. The number of piperidine rings is 1. The molecule has 0 bridgehead atoms. The molecule has 10 heteroatoms. The maximum Gasteiger partial charge on any atom is 0.519 e. The molecular formula is C21H24ClNO7S. The number of hydrogen-bond donors (Lipinski definition) is 2. The van der Waals surface area contributed by atoms with Crippen LogP contribution in [0.1, 0.15) is 29.5 Å². The Bertz CT molecular complexity index is 1020. The first-order valence-corrected chi connectivity index (χ1v) is 11.0. The van der Waals surface area contributed by atoms with Gasteiger partial charge in [0.15, 0.2) is 5.76 Å². The average molecular weight is 470 g/mol. The van der Waals surface area contributed by atoms with Crippen molar-refractivity contribution in [3.63, 3.8) is 0 Å². The lowest BCUT2D eigenvalue weighted by Gasteiger charge is -2.43. The van der Waals surface area contributed by atoms with Crippen molar-refractivity contribution in [3.05, 3.63) is 68.6 Å². The summed E-state index contributed by atoms with van der Waals surface area (Å²) >= 11 is 7.50. The Morgan fingerprint density at radius 1 is 1.42 bits per heavy atom. The first-order valence-electron chi connectivity index (χ1n) is 9.60. The minimum atomic E-state index is -1.44. The Kier molecular flexibility index (Phi) is 7.66. The second-order valence-electron chi connectivity index (χ2n) is 7.23. The van der Waals surface area contributed by atoms with Crippen LogP contribution in [0, 0.1) is 6.92 Å². The molecule has 3 rings (SSSR count). The van der Waals surface area contributed by atoms with Gasteiger partial charge in [0.25, 0.3) is 0 Å². The van der Waals surface area contributed by atoms with E-state index in [0.717, 1.165) is 23.4 Å². The fraction of sp³-hybridized carbons (Fsp3) is 0.429. The van der Waals surface area contributed by atoms with Gasteiger partial charge in [0.1, 0.15) is 10.7 Å². The van der Waals surface area contributed by atoms with E-state index >= 15 is 0 Å². The SMILES string of the molecule is COC[C@H](c1ccccc1Cl)N1CCC(O)(SCc2oc(=O)oc2C)/C(=C\C(=O)O)C1. The van der Waals surface area contributed by atoms with E-state index in [0.29, 0.717) is 35.3 Å². The number of methoxy groups -OCH3 is 1. The molecule has 0 spiro atoms. The van der Waals surface area contributed by atoms with Crippen LogP contribution < -0.4 is 5.82 Å². The molecule has 1 aromatic heterocycles. The molecule has 0 amide bonds. The van der Waals surface area contributed by atoms with Crippen LogP contribution in [0.2, 0.25) is 5.02 Å². The number of nitrogens with zero attached hydrogens (tertiary/aromatic N) is 1. The van der Waals surface area contributed by atoms with Gasteiger partial charge in [-0.15, -0.1) is 11.8 Å². The van der Waals surface area contributed by atoms with Gasteiger partial charge in [-0.2, -0.15) is 0 Å². The summed E-state index contributed by atoms with van der Waals surface area (Å²) in [6.07, 6.45) is 1.30. The fourth-order valence-corrected chi connectivity index (χ4v) is 5.04. The number of carboxylic acid groups (broad SMARTS) is 1. The van der Waals surface area contributed by atoms with Crippen molar-refractivity contribution in [1.29, 1.82) is 0 Å². The number of aryl methyl sites for hydroxylation is 1. The molecule has 1 saturated heterocycles. The number of benzene rings is 1. The van der Waals surface area contributed by atoms with E-state index in [4.69, 9.17) is 25.2 Å². The molecule has 8 nitrogen and oxygen atoms in total. The quantitative estimate of drug-likeness (QED) is 0.444. The second kappa shape index (κ2) is 10.1. The number of rotatable bonds is 8. The Balaban J connectivity index is 1.84. The molecule has 1 aliphatic heterocycles. The van der Waals surface area contributed by atoms with Gasteiger partial charge in [-0.05, 0) is 24.1 Å². The van der Waals surface area contributed by atoms with Crippen LogP contribution in [0.15, 0.2) is 49.5 Å². The van der Waals surface area contributed by atoms with Gasteiger partial charge >= 0.3 is 11.8 Å². The zero-order valence-electron chi connectivity index (χ0n) is 17.2. The van der Waals surface area contributed by atoms with Crippen molar-refractivity contribution in [2.24, 2.45) is 0 Å². The smallest absolute Gasteiger partial charge is 0.478 e. The summed E-state index contributed by atoms with van der Waals surface area (Å²) in [4.78, 5) is 23.4. The van der Waals surface area contributed by atoms with Crippen molar-refractivity contribution >= 4 is 29.3 Å². The molecule has 1 aliphatic rings. The normalized spacial score (nSPS) is 22.0. The molecule has 2 N–H and O–H groups in total. The Morgan fingerprint density at radius 3 is 2.77 bits per heavy atom. The Labute approximate surface area is 188 Å². The highest BCUT2D eigenvalue weighted by Gasteiger charge is 2.40. The zero-order valence-corrected chi connectivity index (χ0v) is 18.7. The van der Waals surface area contributed by atoms with Gasteiger partial charge in [0.2, 0.25) is 0 Å². The molecule has 2 atom stereocenters. The van der Waals surface area contributed by atoms with Crippen molar-refractivity contribution in [1.82, 2.24) is 4.90 Å². The lowest BCUT2D eigenvalue weighted by Crippen LogP contribution is -2.47. The minimum Gasteiger partial charge on any atom is -0.478 e. The molecule has 0 radical (unpaired) electrons. The topological polar surface area (TPSA) is 113 Å². The predicted molar refractivity (Wildman–Crippen MR) is 116 cm³/mol. The molecule has 1 unspecified atom stereocenters. The molecule has 31 heavy (non-hydrogen) atoms.